The Balaban J connectivity index is -0.0000000778. The molecule has 6 rings (SSSR count). The fourth-order valence-corrected chi connectivity index (χ4v) is 28.3. The Morgan fingerprint density at radius 2 is 0.782 bits per heavy atom. The van der Waals surface area contributed by atoms with Gasteiger partial charge in [-0.25, -0.2) is 0 Å². The Hall–Kier alpha value is 13.0. The second-order valence-corrected chi connectivity index (χ2v) is 27.5. The van der Waals surface area contributed by atoms with Crippen LogP contribution in [0.4, 0.5) is 0 Å². The van der Waals surface area contributed by atoms with Gasteiger partial charge in [0.2, 0.25) is 0 Å². The number of hydrogen-bond donors (Lipinski definition) is 2. The summed E-state index contributed by atoms with van der Waals surface area (Å²) in [4.78, 5) is 20.5. The van der Waals surface area contributed by atoms with E-state index < -0.39 is 135 Å². The van der Waals surface area contributed by atoms with Crippen molar-refractivity contribution in [2.45, 2.75) is 6.04 Å². The van der Waals surface area contributed by atoms with E-state index in [1.54, 1.807) is 7.05 Å². The molecule has 6 aliphatic heterocycles. The summed E-state index contributed by atoms with van der Waals surface area (Å²) in [6, 6.07) is 0.198. The first-order valence-electron chi connectivity index (χ1n) is 9.23. The summed E-state index contributed by atoms with van der Waals surface area (Å²) in [5, 5.41) is 0. The molecule has 209 valence electrons. The van der Waals surface area contributed by atoms with E-state index >= 15 is 0 Å². The van der Waals surface area contributed by atoms with Gasteiger partial charge in [0.25, 0.3) is 0 Å². The monoisotopic (exact) mass is 881 g/mol. The summed E-state index contributed by atoms with van der Waals surface area (Å²) < 4.78 is 99.1. The van der Waals surface area contributed by atoms with E-state index in [0.717, 1.165) is 0 Å². The minimum absolute atomic E-state index is 0. The van der Waals surface area contributed by atoms with E-state index in [1.165, 1.54) is 0 Å². The molecule has 2 N–H and O–H groups in total. The van der Waals surface area contributed by atoms with E-state index in [1.807, 2.05) is 4.57 Å². The maximum Gasteiger partial charge on any atom is 1.00 e. The normalized spacial score (nSPS) is 23.0. The maximum atomic E-state index is 10.3. The standard InChI is InChI=1S/C3H9NO19Si14.18Li/c1-4-2-3-37-21-33-13-27-8-25-11-31(6)17-35(22-37)19-34-16-30(5)10-24-7-26-12-32(18-36(20-34)23-37)14-28-9-29(4)15-33;;;;;;;;;;;;;;;;;;/h5-6H,2-3H2,1H3;;;;;;;;;;;;;;;;;;/q-13;18*+1/t37-;;;;;;;;;;;;;;;;;;/m1................../s1. The van der Waals surface area contributed by atoms with Crippen molar-refractivity contribution in [3.63, 3.8) is 0 Å². The van der Waals surface area contributed by atoms with Crippen LogP contribution in [0.2, 0.25) is 6.04 Å². The molecule has 0 aromatic carbocycles. The van der Waals surface area contributed by atoms with Crippen molar-refractivity contribution in [3.8, 4) is 0 Å². The molecule has 0 aromatic heterocycles. The molecule has 52 heteroatoms. The van der Waals surface area contributed by atoms with Gasteiger partial charge in [-0.2, -0.15) is 50.0 Å². The molecule has 0 aromatic rings. The summed E-state index contributed by atoms with van der Waals surface area (Å²) in [7, 11) is -26.6. The van der Waals surface area contributed by atoms with Gasteiger partial charge in [-0.15, -0.1) is 0 Å². The largest absolute Gasteiger partial charge is 1.00 e. The van der Waals surface area contributed by atoms with Crippen molar-refractivity contribution in [3.05, 3.63) is 0 Å². The zero-order chi connectivity index (χ0) is 25.7. The number of hydrogen-bond acceptors (Lipinski definition) is 20. The molecular weight excluding hydrogens is 872 g/mol. The fraction of sp³-hybridized carbons (Fsp3) is 1.00. The minimum Gasteiger partial charge on any atom is -0.805 e. The number of fused-ring (bicyclic) bond motifs is 6. The van der Waals surface area contributed by atoms with E-state index in [2.05, 4.69) is 0 Å². The van der Waals surface area contributed by atoms with Crippen LogP contribution < -0.4 is 339 Å². The van der Waals surface area contributed by atoms with Gasteiger partial charge in [0.1, 0.15) is 47.6 Å². The summed E-state index contributed by atoms with van der Waals surface area (Å²) in [5.74, 6) is 0. The van der Waals surface area contributed by atoms with Crippen LogP contribution in [0.1, 0.15) is 0 Å². The van der Waals surface area contributed by atoms with Gasteiger partial charge in [0.15, 0.2) is 0 Å². The summed E-state index contributed by atoms with van der Waals surface area (Å²) in [5.41, 5.74) is 0. The Bertz CT molecular complexity index is 769. The van der Waals surface area contributed by atoms with Gasteiger partial charge in [-0.3, -0.25) is 0 Å². The third-order valence-electron chi connectivity index (χ3n) is 3.72. The molecule has 1 atom stereocenters. The molecule has 55 heavy (non-hydrogen) atoms. The SMILES string of the molecule is CN1CC[Si@@]23O[Si-]4O[Si-](O)O[Si-]O[Si-]O[Si-](O[Si-]1O[Si-]O[Si-]1O[Si-]O[Si-]O[Si-](O)O[Si-](O4)O[Si-](O1)O2)O3.[Li+].[Li+].[Li+].[Li+].[Li+].[Li+].[Li+].[Li+].[Li+].[Li+].[Li+].[Li+].[Li+].[Li+].[Li+].[Li+].[Li+].[Li+]. The smallest absolute Gasteiger partial charge is 0.805 e. The second kappa shape index (κ2) is 59.6. The average molecular weight is 881 g/mol. The van der Waals surface area contributed by atoms with Crippen LogP contribution in [0.15, 0.2) is 0 Å². The molecular formula is C3H9Li18NO19Si14+5. The topological polar surface area (TPSA) is 201 Å². The van der Waals surface area contributed by atoms with Crippen molar-refractivity contribution in [2.24, 2.45) is 0 Å². The van der Waals surface area contributed by atoms with Gasteiger partial charge < -0.3 is 84.1 Å². The van der Waals surface area contributed by atoms with E-state index in [0.29, 0.717) is 6.54 Å². The predicted octanol–water partition coefficient (Wildman–Crippen LogP) is -61.2. The second-order valence-electron chi connectivity index (χ2n) is 6.05. The Morgan fingerprint density at radius 1 is 0.418 bits per heavy atom. The molecule has 7 bridgehead atoms. The number of nitrogens with zero attached hydrogens (tertiary/aromatic N) is 1. The van der Waals surface area contributed by atoms with Gasteiger partial charge >= 0.3 is 348 Å². The molecule has 6 heterocycles. The molecule has 6 fully saturated rings. The van der Waals surface area contributed by atoms with E-state index in [4.69, 9.17) is 70.0 Å². The van der Waals surface area contributed by atoms with Crippen LogP contribution in [0.3, 0.4) is 0 Å². The van der Waals surface area contributed by atoms with Crippen molar-refractivity contribution >= 4 is 135 Å². The van der Waals surface area contributed by atoms with Crippen LogP contribution in [-0.2, 0) is 70.0 Å². The van der Waals surface area contributed by atoms with Crippen molar-refractivity contribution in [2.75, 3.05) is 13.6 Å². The first-order valence-corrected chi connectivity index (χ1v) is 25.2. The predicted molar refractivity (Wildman–Crippen MR) is 121 cm³/mol. The van der Waals surface area contributed by atoms with Gasteiger partial charge in [-0.1, -0.05) is 0 Å². The fourth-order valence-electron chi connectivity index (χ4n) is 2.29. The van der Waals surface area contributed by atoms with Gasteiger partial charge in [0.05, 0.1) is 28.5 Å². The first kappa shape index (κ1) is 105. The first-order chi connectivity index (χ1) is 18.0. The average Bonchev–Trinajstić information content (AvgIpc) is 2.81. The quantitative estimate of drug-likeness (QED) is 0.217. The summed E-state index contributed by atoms with van der Waals surface area (Å²) >= 11 is 0. The minimum atomic E-state index is -3.87. The zero-order valence-electron chi connectivity index (χ0n) is 35.7. The van der Waals surface area contributed by atoms with Crippen molar-refractivity contribution < 1.29 is 419 Å². The van der Waals surface area contributed by atoms with Crippen molar-refractivity contribution in [1.82, 2.24) is 4.57 Å². The Kier molecular flexibility index (Phi) is 113. The molecule has 1 spiro atoms. The third-order valence-corrected chi connectivity index (χ3v) is 26.7. The van der Waals surface area contributed by atoms with Crippen LogP contribution in [0, 0.1) is 0 Å². The van der Waals surface area contributed by atoms with Gasteiger partial charge in [-0.05, 0) is 13.6 Å². The Morgan fingerprint density at radius 3 is 1.27 bits per heavy atom. The maximum absolute atomic E-state index is 10.3. The van der Waals surface area contributed by atoms with Crippen LogP contribution in [0.5, 0.6) is 0 Å². The molecule has 0 aliphatic carbocycles. The van der Waals surface area contributed by atoms with E-state index in [-0.39, 0.29) is 346 Å². The Labute approximate surface area is 567 Å². The molecule has 6 saturated heterocycles. The number of rotatable bonds is 0. The van der Waals surface area contributed by atoms with E-state index in [9.17, 15) is 9.59 Å². The third kappa shape index (κ3) is 40.1. The molecule has 0 saturated carbocycles. The van der Waals surface area contributed by atoms with Crippen molar-refractivity contribution in [1.29, 1.82) is 0 Å². The zero-order valence-corrected chi connectivity index (χ0v) is 49.7. The molecule has 0 amide bonds. The van der Waals surface area contributed by atoms with Crippen LogP contribution in [0.25, 0.3) is 0 Å². The summed E-state index contributed by atoms with van der Waals surface area (Å²) in [6.45, 7) is 0.356. The molecule has 0 unspecified atom stereocenters. The molecule has 6 aliphatic rings. The molecule has 5 radical (unpaired) electrons. The van der Waals surface area contributed by atoms with Crippen LogP contribution >= 0.6 is 0 Å². The molecule has 20 nitrogen and oxygen atoms in total. The van der Waals surface area contributed by atoms with Crippen LogP contribution in [-0.4, -0.2) is 163 Å². The summed E-state index contributed by atoms with van der Waals surface area (Å²) in [6.07, 6.45) is 0. The van der Waals surface area contributed by atoms with Gasteiger partial charge in [0, 0.05) is 6.04 Å².